The highest BCUT2D eigenvalue weighted by Gasteiger charge is 2.21. The normalized spacial score (nSPS) is 12.1. The first-order chi connectivity index (χ1) is 28.8. The lowest BCUT2D eigenvalue weighted by molar-refractivity contribution is 0.669. The van der Waals surface area contributed by atoms with E-state index >= 15 is 0 Å². The monoisotopic (exact) mass is 752 g/mol. The Morgan fingerprint density at radius 2 is 0.879 bits per heavy atom. The van der Waals surface area contributed by atoms with Gasteiger partial charge in [-0.1, -0.05) is 164 Å². The molecule has 0 saturated heterocycles. The van der Waals surface area contributed by atoms with Crippen LogP contribution in [-0.4, -0.2) is 0 Å². The van der Waals surface area contributed by atoms with Crippen molar-refractivity contribution >= 4 is 107 Å². The average molecular weight is 753 g/mol. The van der Waals surface area contributed by atoms with Crippen molar-refractivity contribution in [3.05, 3.63) is 194 Å². The molecule has 1 nitrogen and oxygen atoms in total. The second-order valence-electron chi connectivity index (χ2n) is 15.5. The fourth-order valence-corrected chi connectivity index (χ4v) is 11.1. The van der Waals surface area contributed by atoms with Crippen LogP contribution < -0.4 is 0 Å². The van der Waals surface area contributed by atoms with Crippen molar-refractivity contribution in [2.45, 2.75) is 0 Å². The van der Waals surface area contributed by atoms with Gasteiger partial charge in [0.1, 0.15) is 11.2 Å². The number of hydrogen-bond acceptors (Lipinski definition) is 2. The van der Waals surface area contributed by atoms with Gasteiger partial charge in [0.15, 0.2) is 0 Å². The predicted molar refractivity (Wildman–Crippen MR) is 250 cm³/mol. The fraction of sp³-hybridized carbons (Fsp3) is 0. The molecule has 2 aromatic heterocycles. The van der Waals surface area contributed by atoms with Crippen molar-refractivity contribution in [1.82, 2.24) is 0 Å². The molecule has 2 heteroatoms. The summed E-state index contributed by atoms with van der Waals surface area (Å²) in [6, 6.07) is 71.6. The van der Waals surface area contributed by atoms with E-state index in [0.717, 1.165) is 16.6 Å². The van der Waals surface area contributed by atoms with Gasteiger partial charge in [0, 0.05) is 30.9 Å². The molecular formula is C56H32OS. The summed E-state index contributed by atoms with van der Waals surface area (Å²) in [6.45, 7) is 0. The molecule has 0 spiro atoms. The Morgan fingerprint density at radius 3 is 1.62 bits per heavy atom. The summed E-state index contributed by atoms with van der Waals surface area (Å²) in [6.07, 6.45) is 0. The maximum absolute atomic E-state index is 6.26. The van der Waals surface area contributed by atoms with Crippen molar-refractivity contribution in [2.75, 3.05) is 0 Å². The molecule has 0 radical (unpaired) electrons. The highest BCUT2D eigenvalue weighted by atomic mass is 32.1. The van der Waals surface area contributed by atoms with Gasteiger partial charge in [0.05, 0.1) is 0 Å². The zero-order valence-corrected chi connectivity index (χ0v) is 32.1. The van der Waals surface area contributed by atoms with Crippen molar-refractivity contribution in [2.24, 2.45) is 0 Å². The summed E-state index contributed by atoms with van der Waals surface area (Å²) in [5.41, 5.74) is 9.44. The Kier molecular flexibility index (Phi) is 6.66. The molecule has 2 heterocycles. The van der Waals surface area contributed by atoms with Gasteiger partial charge in [0.2, 0.25) is 0 Å². The summed E-state index contributed by atoms with van der Waals surface area (Å²) in [7, 11) is 0. The molecule has 0 fully saturated rings. The molecule has 13 rings (SSSR count). The smallest absolute Gasteiger partial charge is 0.136 e. The molecule has 0 unspecified atom stereocenters. The maximum Gasteiger partial charge on any atom is 0.136 e. The van der Waals surface area contributed by atoms with Crippen molar-refractivity contribution in [3.63, 3.8) is 0 Å². The molecule has 0 aliphatic carbocycles. The Labute approximate surface area is 337 Å². The molecule has 0 aliphatic rings. The van der Waals surface area contributed by atoms with Crippen molar-refractivity contribution < 1.29 is 4.42 Å². The summed E-state index contributed by atoms with van der Waals surface area (Å²) in [5, 5.41) is 17.5. The van der Waals surface area contributed by atoms with Crippen LogP contribution in [0.3, 0.4) is 0 Å². The first-order valence-electron chi connectivity index (χ1n) is 19.9. The van der Waals surface area contributed by atoms with Gasteiger partial charge in [-0.25, -0.2) is 0 Å². The highest BCUT2D eigenvalue weighted by Crippen LogP contribution is 2.48. The van der Waals surface area contributed by atoms with Gasteiger partial charge in [0.25, 0.3) is 0 Å². The number of furan rings is 1. The van der Waals surface area contributed by atoms with E-state index in [9.17, 15) is 0 Å². The van der Waals surface area contributed by atoms with Crippen molar-refractivity contribution in [3.8, 4) is 33.4 Å². The molecular weight excluding hydrogens is 721 g/mol. The molecule has 13 aromatic rings. The van der Waals surface area contributed by atoms with Crippen LogP contribution in [0.15, 0.2) is 199 Å². The predicted octanol–water partition coefficient (Wildman–Crippen LogP) is 16.7. The van der Waals surface area contributed by atoms with Crippen LogP contribution in [0.2, 0.25) is 0 Å². The lowest BCUT2D eigenvalue weighted by Gasteiger charge is -2.20. The lowest BCUT2D eigenvalue weighted by Crippen LogP contribution is -1.93. The first-order valence-corrected chi connectivity index (χ1v) is 20.7. The molecule has 0 atom stereocenters. The summed E-state index contributed by atoms with van der Waals surface area (Å²) in [5.74, 6) is 0. The molecule has 0 aliphatic heterocycles. The molecule has 0 bridgehead atoms. The van der Waals surface area contributed by atoms with E-state index in [4.69, 9.17) is 4.42 Å². The lowest BCUT2D eigenvalue weighted by atomic mass is 9.83. The number of benzene rings is 11. The summed E-state index contributed by atoms with van der Waals surface area (Å²) in [4.78, 5) is 0. The van der Waals surface area contributed by atoms with Crippen molar-refractivity contribution in [1.29, 1.82) is 0 Å². The standard InChI is InChI=1S/C56H32OS/c1-2-14-36-33(12-1)13-11-22-41(36)54-42-18-5-7-20-44(42)55(45-21-8-6-19-43(45)54)46-28-27-37(38-15-3-4-16-39(38)46)35-24-26-47-53(31-35)58-52-29-25-34-30-51-49(32-48(34)56(47)52)40-17-9-10-23-50(40)57-51/h1-32H. The van der Waals surface area contributed by atoms with E-state index in [2.05, 4.69) is 188 Å². The molecule has 58 heavy (non-hydrogen) atoms. The molecule has 268 valence electrons. The minimum Gasteiger partial charge on any atom is -0.456 e. The third-order valence-corrected chi connectivity index (χ3v) is 13.6. The third-order valence-electron chi connectivity index (χ3n) is 12.4. The minimum absolute atomic E-state index is 0.932. The largest absolute Gasteiger partial charge is 0.456 e. The van der Waals surface area contributed by atoms with Crippen LogP contribution in [0.25, 0.3) is 129 Å². The number of fused-ring (bicyclic) bond motifs is 12. The van der Waals surface area contributed by atoms with Crippen LogP contribution >= 0.6 is 11.3 Å². The topological polar surface area (TPSA) is 13.1 Å². The van der Waals surface area contributed by atoms with Crippen LogP contribution in [0, 0.1) is 0 Å². The van der Waals surface area contributed by atoms with Crippen LogP contribution in [-0.2, 0) is 0 Å². The second-order valence-corrected chi connectivity index (χ2v) is 16.6. The quantitative estimate of drug-likeness (QED) is 0.164. The van der Waals surface area contributed by atoms with Crippen LogP contribution in [0.1, 0.15) is 0 Å². The number of hydrogen-bond donors (Lipinski definition) is 0. The highest BCUT2D eigenvalue weighted by molar-refractivity contribution is 7.26. The SMILES string of the molecule is c1ccc2c(-c3c4ccccc4c(-c4ccc(-c5ccc6c(c5)sc5ccc7cc8oc9ccccc9c8cc7c56)c5ccccc45)c4ccccc34)cccc2c1. The van der Waals surface area contributed by atoms with E-state index in [1.165, 1.54) is 113 Å². The second kappa shape index (κ2) is 12.1. The summed E-state index contributed by atoms with van der Waals surface area (Å²) >= 11 is 1.88. The maximum atomic E-state index is 6.26. The molecule has 0 N–H and O–H groups in total. The Bertz CT molecular complexity index is 3800. The number of thiophene rings is 1. The summed E-state index contributed by atoms with van der Waals surface area (Å²) < 4.78 is 8.86. The van der Waals surface area contributed by atoms with Gasteiger partial charge in [-0.2, -0.15) is 0 Å². The number of para-hydroxylation sites is 1. The zero-order valence-electron chi connectivity index (χ0n) is 31.3. The van der Waals surface area contributed by atoms with Gasteiger partial charge < -0.3 is 4.42 Å². The average Bonchev–Trinajstić information content (AvgIpc) is 3.84. The van der Waals surface area contributed by atoms with E-state index in [1.807, 2.05) is 17.4 Å². The Hall–Kier alpha value is -7.26. The fourth-order valence-electron chi connectivity index (χ4n) is 9.91. The first kappa shape index (κ1) is 31.9. The zero-order chi connectivity index (χ0) is 37.9. The third kappa shape index (κ3) is 4.52. The molecule has 0 saturated carbocycles. The van der Waals surface area contributed by atoms with Gasteiger partial charge in [-0.15, -0.1) is 11.3 Å². The minimum atomic E-state index is 0.932. The van der Waals surface area contributed by atoms with E-state index in [1.54, 1.807) is 0 Å². The van der Waals surface area contributed by atoms with E-state index in [-0.39, 0.29) is 0 Å². The molecule has 0 amide bonds. The van der Waals surface area contributed by atoms with Crippen LogP contribution in [0.5, 0.6) is 0 Å². The van der Waals surface area contributed by atoms with E-state index < -0.39 is 0 Å². The Balaban J connectivity index is 1.02. The van der Waals surface area contributed by atoms with E-state index in [0.29, 0.717) is 0 Å². The molecule has 11 aromatic carbocycles. The van der Waals surface area contributed by atoms with Gasteiger partial charge in [-0.3, -0.25) is 0 Å². The Morgan fingerprint density at radius 1 is 0.293 bits per heavy atom. The van der Waals surface area contributed by atoms with Crippen LogP contribution in [0.4, 0.5) is 0 Å². The van der Waals surface area contributed by atoms with Gasteiger partial charge >= 0.3 is 0 Å². The van der Waals surface area contributed by atoms with Gasteiger partial charge in [-0.05, 0) is 118 Å². The number of rotatable bonds is 3.